The van der Waals surface area contributed by atoms with E-state index >= 15 is 0 Å². The van der Waals surface area contributed by atoms with Crippen LogP contribution in [0.5, 0.6) is 0 Å². The number of aryl methyl sites for hydroxylation is 1. The first-order valence-electron chi connectivity index (χ1n) is 10.2. The number of carbonyl (C=O) groups is 1. The highest BCUT2D eigenvalue weighted by Gasteiger charge is 2.27. The van der Waals surface area contributed by atoms with Crippen LogP contribution in [0.4, 0.5) is 30.6 Å². The van der Waals surface area contributed by atoms with Crippen molar-refractivity contribution in [3.63, 3.8) is 0 Å². The van der Waals surface area contributed by atoms with Gasteiger partial charge in [0.15, 0.2) is 0 Å². The molecule has 8 nitrogen and oxygen atoms in total. The normalized spacial score (nSPS) is 11.5. The van der Waals surface area contributed by atoms with Crippen molar-refractivity contribution >= 4 is 34.4 Å². The van der Waals surface area contributed by atoms with Crippen LogP contribution >= 0.6 is 0 Å². The number of H-pyrrole nitrogens is 1. The molecule has 0 spiro atoms. The summed E-state index contributed by atoms with van der Waals surface area (Å²) in [5.41, 5.74) is 2.59. The van der Waals surface area contributed by atoms with Crippen LogP contribution in [0.2, 0.25) is 0 Å². The lowest BCUT2D eigenvalue weighted by Gasteiger charge is -2.12. The molecule has 11 heteroatoms. The highest BCUT2D eigenvalue weighted by Crippen LogP contribution is 2.24. The van der Waals surface area contributed by atoms with E-state index in [0.717, 1.165) is 12.1 Å². The van der Waals surface area contributed by atoms with Crippen LogP contribution < -0.4 is 16.0 Å². The van der Waals surface area contributed by atoms with Gasteiger partial charge in [0.05, 0.1) is 5.39 Å². The second-order valence-corrected chi connectivity index (χ2v) is 7.42. The van der Waals surface area contributed by atoms with Crippen molar-refractivity contribution in [3.8, 4) is 0 Å². The van der Waals surface area contributed by atoms with Crippen LogP contribution in [0, 0.1) is 0 Å². The summed E-state index contributed by atoms with van der Waals surface area (Å²) >= 11 is 0. The third-order valence-corrected chi connectivity index (χ3v) is 4.99. The molecular formula is C22H22F3N7O. The first-order valence-corrected chi connectivity index (χ1v) is 10.2. The molecule has 33 heavy (non-hydrogen) atoms. The summed E-state index contributed by atoms with van der Waals surface area (Å²) in [4.78, 5) is 23.7. The molecule has 0 bridgehead atoms. The molecule has 4 N–H and O–H groups in total. The number of halogens is 3. The molecule has 0 fully saturated rings. The number of rotatable bonds is 8. The number of hydrogen-bond acceptors (Lipinski definition) is 5. The highest BCUT2D eigenvalue weighted by atomic mass is 19.4. The summed E-state index contributed by atoms with van der Waals surface area (Å²) < 4.78 is 39.9. The van der Waals surface area contributed by atoms with E-state index in [1.54, 1.807) is 36.5 Å². The van der Waals surface area contributed by atoms with Crippen LogP contribution in [0.25, 0.3) is 11.0 Å². The SMILES string of the molecule is Cn1cccc1CCNC(=O)c1ccc(Nc2nc(NCC(F)(F)F)c3cc[nH]c3n2)cc1. The Hall–Kier alpha value is -4.02. The number of nitrogens with zero attached hydrogens (tertiary/aromatic N) is 3. The van der Waals surface area contributed by atoms with Crippen molar-refractivity contribution in [2.75, 3.05) is 23.7 Å². The zero-order chi connectivity index (χ0) is 23.4. The van der Waals surface area contributed by atoms with E-state index in [9.17, 15) is 18.0 Å². The number of aromatic nitrogens is 4. The number of hydrogen-bond donors (Lipinski definition) is 4. The van der Waals surface area contributed by atoms with Crippen LogP contribution in [0.15, 0.2) is 54.9 Å². The van der Waals surface area contributed by atoms with E-state index in [-0.39, 0.29) is 17.7 Å². The maximum Gasteiger partial charge on any atom is 0.405 e. The smallest absolute Gasteiger partial charge is 0.360 e. The van der Waals surface area contributed by atoms with E-state index in [4.69, 9.17) is 0 Å². The van der Waals surface area contributed by atoms with Crippen molar-refractivity contribution < 1.29 is 18.0 Å². The van der Waals surface area contributed by atoms with Gasteiger partial charge in [-0.3, -0.25) is 4.79 Å². The van der Waals surface area contributed by atoms with Gasteiger partial charge in [0.25, 0.3) is 5.91 Å². The van der Waals surface area contributed by atoms with E-state index < -0.39 is 12.7 Å². The van der Waals surface area contributed by atoms with Crippen LogP contribution in [0.1, 0.15) is 16.1 Å². The number of anilines is 3. The van der Waals surface area contributed by atoms with Gasteiger partial charge in [0.2, 0.25) is 5.95 Å². The first kappa shape index (κ1) is 22.2. The van der Waals surface area contributed by atoms with Crippen molar-refractivity contribution in [1.82, 2.24) is 24.8 Å². The summed E-state index contributed by atoms with van der Waals surface area (Å²) in [7, 11) is 1.95. The van der Waals surface area contributed by atoms with Crippen molar-refractivity contribution in [2.45, 2.75) is 12.6 Å². The van der Waals surface area contributed by atoms with E-state index in [1.807, 2.05) is 29.9 Å². The van der Waals surface area contributed by atoms with Gasteiger partial charge in [-0.25, -0.2) is 0 Å². The standard InChI is InChI=1S/C22H22F3N7O/c1-32-12-2-3-16(32)8-10-27-20(33)14-4-6-15(7-5-14)29-21-30-18-17(9-11-26-18)19(31-21)28-13-22(23,24)25/h2-7,9,11-12H,8,10,13H2,1H3,(H,27,33)(H3,26,28,29,30,31). The van der Waals surface area contributed by atoms with Gasteiger partial charge in [-0.15, -0.1) is 0 Å². The number of carbonyl (C=O) groups excluding carboxylic acids is 1. The van der Waals surface area contributed by atoms with Crippen molar-refractivity contribution in [3.05, 3.63) is 66.1 Å². The van der Waals surface area contributed by atoms with Crippen LogP contribution in [0.3, 0.4) is 0 Å². The van der Waals surface area contributed by atoms with E-state index in [1.165, 1.54) is 0 Å². The summed E-state index contributed by atoms with van der Waals surface area (Å²) in [6.45, 7) is -0.702. The predicted octanol–water partition coefficient (Wildman–Crippen LogP) is 3.99. The molecule has 3 heterocycles. The largest absolute Gasteiger partial charge is 0.405 e. The second kappa shape index (κ2) is 9.23. The third-order valence-electron chi connectivity index (χ3n) is 4.99. The molecule has 0 unspecified atom stereocenters. The van der Waals surface area contributed by atoms with Crippen molar-refractivity contribution in [1.29, 1.82) is 0 Å². The number of nitrogens with one attached hydrogen (secondary N) is 4. The van der Waals surface area contributed by atoms with Gasteiger partial charge in [0.1, 0.15) is 18.0 Å². The van der Waals surface area contributed by atoms with Gasteiger partial charge in [-0.2, -0.15) is 23.1 Å². The Labute approximate surface area is 187 Å². The van der Waals surface area contributed by atoms with Crippen LogP contribution in [-0.4, -0.2) is 44.7 Å². The molecule has 0 aliphatic rings. The Balaban J connectivity index is 1.40. The quantitative estimate of drug-likeness (QED) is 0.321. The fourth-order valence-electron chi connectivity index (χ4n) is 3.31. The fourth-order valence-corrected chi connectivity index (χ4v) is 3.31. The molecule has 0 aliphatic carbocycles. The average molecular weight is 457 g/mol. The Bertz CT molecular complexity index is 1250. The molecule has 0 aliphatic heterocycles. The average Bonchev–Trinajstić information content (AvgIpc) is 3.41. The Kier molecular flexibility index (Phi) is 6.20. The maximum absolute atomic E-state index is 12.6. The number of benzene rings is 1. The topological polar surface area (TPSA) is 99.7 Å². The highest BCUT2D eigenvalue weighted by molar-refractivity contribution is 5.94. The zero-order valence-electron chi connectivity index (χ0n) is 17.7. The minimum absolute atomic E-state index is 0.0651. The minimum Gasteiger partial charge on any atom is -0.360 e. The first-order chi connectivity index (χ1) is 15.8. The van der Waals surface area contributed by atoms with Gasteiger partial charge in [-0.1, -0.05) is 0 Å². The summed E-state index contributed by atoms with van der Waals surface area (Å²) in [6, 6.07) is 12.2. The molecular weight excluding hydrogens is 435 g/mol. The second-order valence-electron chi connectivity index (χ2n) is 7.42. The Morgan fingerprint density at radius 3 is 2.61 bits per heavy atom. The molecule has 0 saturated heterocycles. The number of fused-ring (bicyclic) bond motifs is 1. The molecule has 1 amide bonds. The molecule has 4 aromatic rings. The lowest BCUT2D eigenvalue weighted by molar-refractivity contribution is -0.115. The monoisotopic (exact) mass is 457 g/mol. The summed E-state index contributed by atoms with van der Waals surface area (Å²) in [6.07, 6.45) is -0.126. The van der Waals surface area contributed by atoms with E-state index in [2.05, 4.69) is 30.9 Å². The lowest BCUT2D eigenvalue weighted by atomic mass is 10.2. The molecule has 0 radical (unpaired) electrons. The third kappa shape index (κ3) is 5.62. The number of aromatic amines is 1. The van der Waals surface area contributed by atoms with Gasteiger partial charge < -0.3 is 25.5 Å². The maximum atomic E-state index is 12.6. The van der Waals surface area contributed by atoms with E-state index in [0.29, 0.717) is 28.8 Å². The van der Waals surface area contributed by atoms with Crippen LogP contribution in [-0.2, 0) is 13.5 Å². The number of alkyl halides is 3. The summed E-state index contributed by atoms with van der Waals surface area (Å²) in [5.74, 6) is -0.0110. The van der Waals surface area contributed by atoms with Gasteiger partial charge in [0, 0.05) is 49.4 Å². The number of amides is 1. The van der Waals surface area contributed by atoms with Gasteiger partial charge >= 0.3 is 6.18 Å². The molecule has 0 atom stereocenters. The lowest BCUT2D eigenvalue weighted by Crippen LogP contribution is -2.26. The molecule has 1 aromatic carbocycles. The molecule has 172 valence electrons. The fraction of sp³-hybridized carbons (Fsp3) is 0.227. The molecule has 4 rings (SSSR count). The predicted molar refractivity (Wildman–Crippen MR) is 120 cm³/mol. The van der Waals surface area contributed by atoms with Crippen molar-refractivity contribution in [2.24, 2.45) is 7.05 Å². The van der Waals surface area contributed by atoms with Gasteiger partial charge in [-0.05, 0) is 42.5 Å². The Morgan fingerprint density at radius 1 is 1.12 bits per heavy atom. The molecule has 3 aromatic heterocycles. The summed E-state index contributed by atoms with van der Waals surface area (Å²) in [5, 5.41) is 8.60. The zero-order valence-corrected chi connectivity index (χ0v) is 17.7. The molecule has 0 saturated carbocycles. The minimum atomic E-state index is -4.38. The Morgan fingerprint density at radius 2 is 1.91 bits per heavy atom.